The van der Waals surface area contributed by atoms with Gasteiger partial charge >= 0.3 is 0 Å². The molecule has 0 aromatic heterocycles. The maximum atomic E-state index is 6.17. The first kappa shape index (κ1) is 15.2. The van der Waals surface area contributed by atoms with E-state index in [9.17, 15) is 0 Å². The second-order valence-electron chi connectivity index (χ2n) is 5.42. The fourth-order valence-corrected chi connectivity index (χ4v) is 2.70. The van der Waals surface area contributed by atoms with Crippen LogP contribution in [0.3, 0.4) is 0 Å². The van der Waals surface area contributed by atoms with Gasteiger partial charge in [-0.2, -0.15) is 0 Å². The van der Waals surface area contributed by atoms with Gasteiger partial charge in [-0.05, 0) is 36.6 Å². The van der Waals surface area contributed by atoms with Gasteiger partial charge in [0.25, 0.3) is 0 Å². The van der Waals surface area contributed by atoms with E-state index in [2.05, 4.69) is 5.32 Å². The van der Waals surface area contributed by atoms with Crippen molar-refractivity contribution in [2.75, 3.05) is 18.5 Å². The van der Waals surface area contributed by atoms with Crippen molar-refractivity contribution in [1.29, 1.82) is 0 Å². The van der Waals surface area contributed by atoms with E-state index < -0.39 is 0 Å². The minimum atomic E-state index is 0.236. The predicted molar refractivity (Wildman–Crippen MR) is 89.7 cm³/mol. The summed E-state index contributed by atoms with van der Waals surface area (Å²) in [5.74, 6) is 0.861. The summed E-state index contributed by atoms with van der Waals surface area (Å²) in [5, 5.41) is 4.15. The summed E-state index contributed by atoms with van der Waals surface area (Å²) in [5.41, 5.74) is 2.10. The second-order valence-corrected chi connectivity index (χ2v) is 5.83. The van der Waals surface area contributed by atoms with Gasteiger partial charge in [0.05, 0.1) is 6.10 Å². The SMILES string of the molecule is Clc1ccccc1CNc1cccc(OCC2CCCO2)c1. The average molecular weight is 318 g/mol. The molecule has 1 fully saturated rings. The fraction of sp³-hybridized carbons (Fsp3) is 0.333. The van der Waals surface area contributed by atoms with Crippen LogP contribution in [0.1, 0.15) is 18.4 Å². The summed E-state index contributed by atoms with van der Waals surface area (Å²) >= 11 is 6.17. The quantitative estimate of drug-likeness (QED) is 0.850. The first-order valence-corrected chi connectivity index (χ1v) is 8.01. The van der Waals surface area contributed by atoms with Crippen LogP contribution in [0.5, 0.6) is 5.75 Å². The fourth-order valence-electron chi connectivity index (χ4n) is 2.50. The maximum Gasteiger partial charge on any atom is 0.121 e. The molecule has 1 aliphatic heterocycles. The lowest BCUT2D eigenvalue weighted by Crippen LogP contribution is -2.16. The van der Waals surface area contributed by atoms with Crippen molar-refractivity contribution in [1.82, 2.24) is 0 Å². The standard InChI is InChI=1S/C18H20ClNO2/c19-18-9-2-1-5-14(18)12-20-15-6-3-7-16(11-15)22-13-17-8-4-10-21-17/h1-3,5-7,9,11,17,20H,4,8,10,12-13H2. The number of anilines is 1. The Labute approximate surface area is 136 Å². The highest BCUT2D eigenvalue weighted by Crippen LogP contribution is 2.21. The lowest BCUT2D eigenvalue weighted by atomic mass is 10.2. The Morgan fingerprint density at radius 1 is 1.18 bits per heavy atom. The number of hydrogen-bond donors (Lipinski definition) is 1. The summed E-state index contributed by atoms with van der Waals surface area (Å²) in [6.45, 7) is 2.16. The van der Waals surface area contributed by atoms with Gasteiger partial charge in [-0.15, -0.1) is 0 Å². The summed E-state index contributed by atoms with van der Waals surface area (Å²) in [4.78, 5) is 0. The Hall–Kier alpha value is -1.71. The van der Waals surface area contributed by atoms with Crippen molar-refractivity contribution in [3.05, 3.63) is 59.1 Å². The summed E-state index contributed by atoms with van der Waals surface area (Å²) in [6, 6.07) is 15.8. The van der Waals surface area contributed by atoms with Crippen molar-refractivity contribution in [3.63, 3.8) is 0 Å². The van der Waals surface area contributed by atoms with Crippen LogP contribution in [0.4, 0.5) is 5.69 Å². The molecule has 1 unspecified atom stereocenters. The van der Waals surface area contributed by atoms with Crippen LogP contribution in [-0.2, 0) is 11.3 Å². The Bertz CT molecular complexity index is 612. The molecule has 3 nitrogen and oxygen atoms in total. The van der Waals surface area contributed by atoms with Crippen LogP contribution in [0.2, 0.25) is 5.02 Å². The van der Waals surface area contributed by atoms with Crippen molar-refractivity contribution in [2.24, 2.45) is 0 Å². The highest BCUT2D eigenvalue weighted by molar-refractivity contribution is 6.31. The molecule has 1 saturated heterocycles. The molecule has 0 amide bonds. The molecule has 2 aromatic carbocycles. The van der Waals surface area contributed by atoms with Crippen LogP contribution >= 0.6 is 11.6 Å². The molecule has 0 radical (unpaired) electrons. The molecule has 116 valence electrons. The number of ether oxygens (including phenoxy) is 2. The third-order valence-electron chi connectivity index (χ3n) is 3.73. The van der Waals surface area contributed by atoms with E-state index >= 15 is 0 Å². The lowest BCUT2D eigenvalue weighted by Gasteiger charge is -2.13. The van der Waals surface area contributed by atoms with Gasteiger partial charge in [-0.1, -0.05) is 35.9 Å². The first-order valence-electron chi connectivity index (χ1n) is 7.63. The van der Waals surface area contributed by atoms with Crippen LogP contribution in [0.15, 0.2) is 48.5 Å². The molecule has 0 saturated carbocycles. The molecule has 4 heteroatoms. The van der Waals surface area contributed by atoms with Gasteiger partial charge in [0.1, 0.15) is 12.4 Å². The van der Waals surface area contributed by atoms with Crippen LogP contribution in [-0.4, -0.2) is 19.3 Å². The second kappa shape index (κ2) is 7.52. The van der Waals surface area contributed by atoms with Gasteiger partial charge in [-0.3, -0.25) is 0 Å². The van der Waals surface area contributed by atoms with Crippen molar-refractivity contribution in [3.8, 4) is 5.75 Å². The lowest BCUT2D eigenvalue weighted by molar-refractivity contribution is 0.0680. The van der Waals surface area contributed by atoms with Gasteiger partial charge in [-0.25, -0.2) is 0 Å². The number of nitrogens with one attached hydrogen (secondary N) is 1. The number of rotatable bonds is 6. The number of halogens is 1. The molecule has 1 heterocycles. The van der Waals surface area contributed by atoms with Crippen LogP contribution in [0, 0.1) is 0 Å². The zero-order valence-corrected chi connectivity index (χ0v) is 13.2. The van der Waals surface area contributed by atoms with Gasteiger partial charge < -0.3 is 14.8 Å². The third-order valence-corrected chi connectivity index (χ3v) is 4.10. The minimum Gasteiger partial charge on any atom is -0.491 e. The van der Waals surface area contributed by atoms with Gasteiger partial charge in [0.15, 0.2) is 0 Å². The van der Waals surface area contributed by atoms with E-state index in [-0.39, 0.29) is 6.10 Å². The van der Waals surface area contributed by atoms with Crippen molar-refractivity contribution in [2.45, 2.75) is 25.5 Å². The molecule has 1 N–H and O–H groups in total. The van der Waals surface area contributed by atoms with E-state index in [1.807, 2.05) is 48.5 Å². The molecular weight excluding hydrogens is 298 g/mol. The van der Waals surface area contributed by atoms with E-state index in [4.69, 9.17) is 21.1 Å². The normalized spacial score (nSPS) is 17.4. The van der Waals surface area contributed by atoms with Crippen LogP contribution in [0.25, 0.3) is 0 Å². The maximum absolute atomic E-state index is 6.17. The molecule has 2 aromatic rings. The average Bonchev–Trinajstić information content (AvgIpc) is 3.06. The highest BCUT2D eigenvalue weighted by atomic mass is 35.5. The third kappa shape index (κ3) is 4.15. The molecule has 22 heavy (non-hydrogen) atoms. The summed E-state index contributed by atoms with van der Waals surface area (Å²) < 4.78 is 11.4. The molecule has 1 aliphatic rings. The number of hydrogen-bond acceptors (Lipinski definition) is 3. The molecular formula is C18H20ClNO2. The topological polar surface area (TPSA) is 30.5 Å². The molecule has 0 bridgehead atoms. The minimum absolute atomic E-state index is 0.236. The summed E-state index contributed by atoms with van der Waals surface area (Å²) in [6.07, 6.45) is 2.46. The zero-order chi connectivity index (χ0) is 15.2. The Morgan fingerprint density at radius 2 is 2.09 bits per heavy atom. The number of benzene rings is 2. The highest BCUT2D eigenvalue weighted by Gasteiger charge is 2.15. The largest absolute Gasteiger partial charge is 0.491 e. The summed E-state index contributed by atoms with van der Waals surface area (Å²) in [7, 11) is 0. The molecule has 0 spiro atoms. The Balaban J connectivity index is 1.55. The van der Waals surface area contributed by atoms with E-state index in [0.717, 1.165) is 41.5 Å². The monoisotopic (exact) mass is 317 g/mol. The van der Waals surface area contributed by atoms with Gasteiger partial charge in [0.2, 0.25) is 0 Å². The molecule has 3 rings (SSSR count). The van der Waals surface area contributed by atoms with E-state index in [1.54, 1.807) is 0 Å². The van der Waals surface area contributed by atoms with E-state index in [1.165, 1.54) is 0 Å². The smallest absolute Gasteiger partial charge is 0.121 e. The predicted octanol–water partition coefficient (Wildman–Crippen LogP) is 4.51. The van der Waals surface area contributed by atoms with Crippen LogP contribution < -0.4 is 10.1 Å². The molecule has 0 aliphatic carbocycles. The van der Waals surface area contributed by atoms with Crippen molar-refractivity contribution >= 4 is 17.3 Å². The van der Waals surface area contributed by atoms with E-state index in [0.29, 0.717) is 13.2 Å². The molecule has 1 atom stereocenters. The Morgan fingerprint density at radius 3 is 2.91 bits per heavy atom. The Kier molecular flexibility index (Phi) is 5.20. The zero-order valence-electron chi connectivity index (χ0n) is 12.4. The first-order chi connectivity index (χ1) is 10.8. The van der Waals surface area contributed by atoms with Crippen molar-refractivity contribution < 1.29 is 9.47 Å². The van der Waals surface area contributed by atoms with Gasteiger partial charge in [0, 0.05) is 29.9 Å².